The van der Waals surface area contributed by atoms with Gasteiger partial charge < -0.3 is 10.1 Å². The minimum absolute atomic E-state index is 0.153. The van der Waals surface area contributed by atoms with Crippen molar-refractivity contribution < 1.29 is 4.74 Å². The summed E-state index contributed by atoms with van der Waals surface area (Å²) in [6, 6.07) is 0. The molecule has 0 amide bonds. The third-order valence-corrected chi connectivity index (χ3v) is 6.98. The van der Waals surface area contributed by atoms with Gasteiger partial charge in [0.15, 0.2) is 0 Å². The largest absolute Gasteiger partial charge is 0.379 e. The molecule has 0 aliphatic carbocycles. The molecule has 0 radical (unpaired) electrons. The van der Waals surface area contributed by atoms with E-state index < -0.39 is 0 Å². The Morgan fingerprint density at radius 2 is 2.06 bits per heavy atom. The number of hydrogen-bond donors (Lipinski definition) is 2. The van der Waals surface area contributed by atoms with E-state index in [1.54, 1.807) is 0 Å². The lowest BCUT2D eigenvalue weighted by Crippen LogP contribution is -2.74. The highest BCUT2D eigenvalue weighted by atomic mass is 32.2. The molecule has 104 valence electrons. The molecule has 0 spiro atoms. The Morgan fingerprint density at radius 1 is 1.17 bits per heavy atom. The highest BCUT2D eigenvalue weighted by Gasteiger charge is 2.45. The summed E-state index contributed by atoms with van der Waals surface area (Å²) in [5.74, 6) is 3.88. The Morgan fingerprint density at radius 3 is 2.72 bits per heavy atom. The Kier molecular flexibility index (Phi) is 4.75. The van der Waals surface area contributed by atoms with Gasteiger partial charge in [0.25, 0.3) is 0 Å². The van der Waals surface area contributed by atoms with Crippen LogP contribution in [-0.4, -0.2) is 79.0 Å². The molecule has 3 saturated heterocycles. The van der Waals surface area contributed by atoms with Crippen molar-refractivity contribution >= 4 is 23.5 Å². The molecule has 0 aromatic heterocycles. The van der Waals surface area contributed by atoms with Crippen LogP contribution in [0.25, 0.3) is 0 Å². The van der Waals surface area contributed by atoms with Crippen molar-refractivity contribution in [1.29, 1.82) is 0 Å². The molecule has 4 nitrogen and oxygen atoms in total. The summed E-state index contributed by atoms with van der Waals surface area (Å²) in [5, 5.41) is 8.14. The average Bonchev–Trinajstić information content (AvgIpc) is 2.50. The fourth-order valence-corrected chi connectivity index (χ4v) is 6.15. The average molecular weight is 289 g/mol. The molecular weight excluding hydrogens is 266 g/mol. The maximum atomic E-state index is 5.52. The smallest absolute Gasteiger partial charge is 0.0972 e. The van der Waals surface area contributed by atoms with E-state index in [-0.39, 0.29) is 5.66 Å². The summed E-state index contributed by atoms with van der Waals surface area (Å²) in [5.41, 5.74) is 0.153. The molecule has 0 saturated carbocycles. The van der Waals surface area contributed by atoms with Gasteiger partial charge in [-0.15, -0.1) is 0 Å². The van der Waals surface area contributed by atoms with Gasteiger partial charge in [-0.05, 0) is 0 Å². The Labute approximate surface area is 118 Å². The van der Waals surface area contributed by atoms with E-state index in [0.29, 0.717) is 5.25 Å². The topological polar surface area (TPSA) is 36.5 Å². The summed E-state index contributed by atoms with van der Waals surface area (Å²) < 4.78 is 5.52. The molecule has 3 aliphatic rings. The molecular formula is C12H23N3OS2. The third-order valence-electron chi connectivity index (χ3n) is 4.05. The summed E-state index contributed by atoms with van der Waals surface area (Å²) in [6.07, 6.45) is 0. The van der Waals surface area contributed by atoms with Gasteiger partial charge in [-0.2, -0.15) is 23.5 Å². The number of thioether (sulfide) groups is 2. The lowest BCUT2D eigenvalue weighted by Gasteiger charge is -2.53. The van der Waals surface area contributed by atoms with Gasteiger partial charge in [-0.25, -0.2) is 0 Å². The zero-order chi connectivity index (χ0) is 12.3. The number of morpholine rings is 1. The standard InChI is InChI=1S/C12H23N3OS2/c1-2-14-12(10-13-1,11-9-17-7-8-18-11)15-3-5-16-6-4-15/h11,13-14H,1-10H2. The Balaban J connectivity index is 1.77. The van der Waals surface area contributed by atoms with Gasteiger partial charge in [0, 0.05) is 55.2 Å². The van der Waals surface area contributed by atoms with E-state index in [1.165, 1.54) is 17.3 Å². The number of ether oxygens (including phenoxy) is 1. The van der Waals surface area contributed by atoms with Crippen molar-refractivity contribution in [2.75, 3.05) is 63.2 Å². The molecule has 2 atom stereocenters. The van der Waals surface area contributed by atoms with E-state index in [9.17, 15) is 0 Å². The molecule has 0 aromatic carbocycles. The minimum atomic E-state index is 0.153. The predicted octanol–water partition coefficient (Wildman–Crippen LogP) is 0.0563. The normalized spacial score (nSPS) is 39.7. The van der Waals surface area contributed by atoms with Crippen molar-refractivity contribution in [1.82, 2.24) is 15.5 Å². The fraction of sp³-hybridized carbons (Fsp3) is 1.00. The number of rotatable bonds is 2. The molecule has 3 aliphatic heterocycles. The quantitative estimate of drug-likeness (QED) is 0.748. The van der Waals surface area contributed by atoms with Crippen LogP contribution in [0.5, 0.6) is 0 Å². The van der Waals surface area contributed by atoms with E-state index in [1.807, 2.05) is 0 Å². The number of piperazine rings is 1. The van der Waals surface area contributed by atoms with Gasteiger partial charge in [0.05, 0.1) is 18.9 Å². The van der Waals surface area contributed by atoms with E-state index in [4.69, 9.17) is 4.74 Å². The van der Waals surface area contributed by atoms with Gasteiger partial charge in [0.1, 0.15) is 0 Å². The number of nitrogens with zero attached hydrogens (tertiary/aromatic N) is 1. The van der Waals surface area contributed by atoms with Gasteiger partial charge in [-0.3, -0.25) is 10.2 Å². The lowest BCUT2D eigenvalue weighted by molar-refractivity contribution is -0.0408. The van der Waals surface area contributed by atoms with E-state index >= 15 is 0 Å². The zero-order valence-electron chi connectivity index (χ0n) is 10.8. The molecule has 3 fully saturated rings. The van der Waals surface area contributed by atoms with Crippen LogP contribution in [-0.2, 0) is 4.74 Å². The van der Waals surface area contributed by atoms with Gasteiger partial charge >= 0.3 is 0 Å². The first-order valence-corrected chi connectivity index (χ1v) is 9.10. The second-order valence-electron chi connectivity index (χ2n) is 5.06. The number of hydrogen-bond acceptors (Lipinski definition) is 6. The molecule has 2 unspecified atom stereocenters. The SMILES string of the molecule is C1CNC(C2CSCCS2)(N2CCOCC2)CN1. The Bertz CT molecular complexity index is 242. The summed E-state index contributed by atoms with van der Waals surface area (Å²) in [7, 11) is 0. The van der Waals surface area contributed by atoms with Crippen molar-refractivity contribution in [2.24, 2.45) is 0 Å². The summed E-state index contributed by atoms with van der Waals surface area (Å²) in [4.78, 5) is 2.63. The Hall–Kier alpha value is 0.540. The molecule has 0 aromatic rings. The maximum Gasteiger partial charge on any atom is 0.0972 e. The van der Waals surface area contributed by atoms with Gasteiger partial charge in [-0.1, -0.05) is 0 Å². The van der Waals surface area contributed by atoms with Gasteiger partial charge in [0.2, 0.25) is 0 Å². The first-order chi connectivity index (χ1) is 8.92. The van der Waals surface area contributed by atoms with Crippen LogP contribution in [0.15, 0.2) is 0 Å². The molecule has 6 heteroatoms. The van der Waals surface area contributed by atoms with Crippen molar-refractivity contribution in [3.05, 3.63) is 0 Å². The second-order valence-corrected chi connectivity index (χ2v) is 7.52. The van der Waals surface area contributed by atoms with Crippen LogP contribution in [0.2, 0.25) is 0 Å². The lowest BCUT2D eigenvalue weighted by atomic mass is 10.0. The third kappa shape index (κ3) is 2.69. The minimum Gasteiger partial charge on any atom is -0.379 e. The van der Waals surface area contributed by atoms with Crippen LogP contribution >= 0.6 is 23.5 Å². The predicted molar refractivity (Wildman–Crippen MR) is 79.6 cm³/mol. The van der Waals surface area contributed by atoms with Crippen LogP contribution in [0.3, 0.4) is 0 Å². The maximum absolute atomic E-state index is 5.52. The molecule has 3 rings (SSSR count). The highest BCUT2D eigenvalue weighted by molar-refractivity contribution is 8.06. The van der Waals surface area contributed by atoms with Crippen molar-refractivity contribution in [3.8, 4) is 0 Å². The zero-order valence-corrected chi connectivity index (χ0v) is 12.5. The molecule has 3 heterocycles. The first-order valence-electron chi connectivity index (χ1n) is 6.90. The van der Waals surface area contributed by atoms with Crippen LogP contribution in [0.1, 0.15) is 0 Å². The fourth-order valence-electron chi connectivity index (χ4n) is 3.09. The van der Waals surface area contributed by atoms with Crippen LogP contribution < -0.4 is 10.6 Å². The van der Waals surface area contributed by atoms with E-state index in [2.05, 4.69) is 39.1 Å². The van der Waals surface area contributed by atoms with Crippen LogP contribution in [0, 0.1) is 0 Å². The first kappa shape index (κ1) is 13.5. The van der Waals surface area contributed by atoms with Crippen LogP contribution in [0.4, 0.5) is 0 Å². The summed E-state index contributed by atoms with van der Waals surface area (Å²) >= 11 is 4.27. The molecule has 18 heavy (non-hydrogen) atoms. The molecule has 0 bridgehead atoms. The number of nitrogens with one attached hydrogen (secondary N) is 2. The molecule has 2 N–H and O–H groups in total. The van der Waals surface area contributed by atoms with Crippen molar-refractivity contribution in [3.63, 3.8) is 0 Å². The second kappa shape index (κ2) is 6.33. The van der Waals surface area contributed by atoms with Crippen molar-refractivity contribution in [2.45, 2.75) is 10.9 Å². The highest BCUT2D eigenvalue weighted by Crippen LogP contribution is 2.35. The van der Waals surface area contributed by atoms with E-state index in [0.717, 1.165) is 45.9 Å². The summed E-state index contributed by atoms with van der Waals surface area (Å²) in [6.45, 7) is 7.15. The monoisotopic (exact) mass is 289 g/mol.